The maximum Gasteiger partial charge on any atom is 0.306 e. The minimum Gasteiger partial charge on any atom is -0.466 e. The molecule has 4 heteroatoms. The van der Waals surface area contributed by atoms with Crippen LogP contribution in [0.25, 0.3) is 0 Å². The predicted molar refractivity (Wildman–Crippen MR) is 73.7 cm³/mol. The van der Waals surface area contributed by atoms with Gasteiger partial charge in [0.15, 0.2) is 5.78 Å². The lowest BCUT2D eigenvalue weighted by atomic mass is 10.1. The van der Waals surface area contributed by atoms with Crippen molar-refractivity contribution in [2.45, 2.75) is 33.1 Å². The highest BCUT2D eigenvalue weighted by atomic mass is 79.9. The molecule has 0 aromatic heterocycles. The minimum atomic E-state index is -0.309. The smallest absolute Gasteiger partial charge is 0.306 e. The van der Waals surface area contributed by atoms with Gasteiger partial charge in [-0.3, -0.25) is 9.59 Å². The van der Waals surface area contributed by atoms with Gasteiger partial charge in [0.25, 0.3) is 0 Å². The van der Waals surface area contributed by atoms with E-state index >= 15 is 0 Å². The molecule has 0 atom stereocenters. The molecule has 0 bridgehead atoms. The summed E-state index contributed by atoms with van der Waals surface area (Å²) in [5, 5.41) is 0. The fourth-order valence-electron chi connectivity index (χ4n) is 1.41. The first-order chi connectivity index (χ1) is 8.54. The van der Waals surface area contributed by atoms with E-state index in [9.17, 15) is 9.59 Å². The van der Waals surface area contributed by atoms with Gasteiger partial charge in [-0.05, 0) is 25.0 Å². The second-order valence-corrected chi connectivity index (χ2v) is 4.96. The second-order valence-electron chi connectivity index (χ2n) is 4.11. The van der Waals surface area contributed by atoms with Crippen molar-refractivity contribution in [3.8, 4) is 0 Å². The number of hydrogen-bond acceptors (Lipinski definition) is 3. The lowest BCUT2D eigenvalue weighted by Gasteiger charge is -2.04. The molecule has 0 unspecified atom stereocenters. The van der Waals surface area contributed by atoms with Crippen LogP contribution in [0.4, 0.5) is 0 Å². The summed E-state index contributed by atoms with van der Waals surface area (Å²) in [7, 11) is 0. The number of Topliss-reactive ketones (excluding diaryl/α,β-unsaturated/α-hetero) is 1. The van der Waals surface area contributed by atoms with Gasteiger partial charge in [0.1, 0.15) is 0 Å². The average Bonchev–Trinajstić information content (AvgIpc) is 2.36. The molecule has 0 aliphatic carbocycles. The Hall–Kier alpha value is -1.16. The first-order valence-electron chi connectivity index (χ1n) is 5.99. The van der Waals surface area contributed by atoms with Gasteiger partial charge < -0.3 is 4.74 Å². The van der Waals surface area contributed by atoms with Gasteiger partial charge in [0.05, 0.1) is 13.0 Å². The van der Waals surface area contributed by atoms with E-state index in [4.69, 9.17) is 4.74 Å². The lowest BCUT2D eigenvalue weighted by Crippen LogP contribution is -2.08. The van der Waals surface area contributed by atoms with Gasteiger partial charge >= 0.3 is 5.97 Å². The molecule has 0 spiro atoms. The Labute approximate surface area is 116 Å². The van der Waals surface area contributed by atoms with Crippen LogP contribution < -0.4 is 0 Å². The first kappa shape index (κ1) is 14.9. The van der Waals surface area contributed by atoms with Crippen LogP contribution >= 0.6 is 15.9 Å². The molecule has 0 N–H and O–H groups in total. The summed E-state index contributed by atoms with van der Waals surface area (Å²) in [4.78, 5) is 23.1. The monoisotopic (exact) mass is 312 g/mol. The molecule has 0 fully saturated rings. The average molecular weight is 313 g/mol. The Morgan fingerprint density at radius 1 is 1.28 bits per heavy atom. The molecule has 0 saturated heterocycles. The standard InChI is InChI=1S/C14H17BrO3/c1-3-8-18-14(17)7-6-13(16)11-5-4-10(2)12(15)9-11/h4-5,9H,3,6-8H2,1-2H3. The van der Waals surface area contributed by atoms with Crippen LogP contribution in [0.2, 0.25) is 0 Å². The molecule has 0 radical (unpaired) electrons. The summed E-state index contributed by atoms with van der Waals surface area (Å²) >= 11 is 3.38. The van der Waals surface area contributed by atoms with E-state index in [-0.39, 0.29) is 24.6 Å². The number of benzene rings is 1. The zero-order chi connectivity index (χ0) is 13.5. The number of rotatable bonds is 6. The van der Waals surface area contributed by atoms with Crippen molar-refractivity contribution >= 4 is 27.7 Å². The number of ether oxygens (including phenoxy) is 1. The minimum absolute atomic E-state index is 0.0378. The van der Waals surface area contributed by atoms with Gasteiger partial charge in [-0.25, -0.2) is 0 Å². The number of ketones is 1. The van der Waals surface area contributed by atoms with Gasteiger partial charge in [0, 0.05) is 16.5 Å². The molecular formula is C14H17BrO3. The van der Waals surface area contributed by atoms with Crippen LogP contribution in [0.15, 0.2) is 22.7 Å². The van der Waals surface area contributed by atoms with E-state index in [0.29, 0.717) is 12.2 Å². The molecule has 0 heterocycles. The molecule has 1 aromatic rings. The fourth-order valence-corrected chi connectivity index (χ4v) is 1.79. The number of carbonyl (C=O) groups is 2. The Bertz CT molecular complexity index is 441. The third-order valence-electron chi connectivity index (χ3n) is 2.52. The first-order valence-corrected chi connectivity index (χ1v) is 6.79. The highest BCUT2D eigenvalue weighted by Crippen LogP contribution is 2.18. The summed E-state index contributed by atoms with van der Waals surface area (Å²) < 4.78 is 5.82. The Morgan fingerprint density at radius 2 is 2.00 bits per heavy atom. The molecule has 3 nitrogen and oxygen atoms in total. The molecule has 1 rings (SSSR count). The topological polar surface area (TPSA) is 43.4 Å². The molecule has 0 amide bonds. The summed E-state index contributed by atoms with van der Waals surface area (Å²) in [6, 6.07) is 5.45. The summed E-state index contributed by atoms with van der Waals surface area (Å²) in [5.41, 5.74) is 1.70. The molecular weight excluding hydrogens is 296 g/mol. The fraction of sp³-hybridized carbons (Fsp3) is 0.429. The Morgan fingerprint density at radius 3 is 2.61 bits per heavy atom. The van der Waals surface area contributed by atoms with E-state index < -0.39 is 0 Å². The van der Waals surface area contributed by atoms with Crippen LogP contribution in [-0.4, -0.2) is 18.4 Å². The second kappa shape index (κ2) is 7.31. The van der Waals surface area contributed by atoms with E-state index in [2.05, 4.69) is 15.9 Å². The van der Waals surface area contributed by atoms with Gasteiger partial charge in [-0.15, -0.1) is 0 Å². The number of halogens is 1. The zero-order valence-corrected chi connectivity index (χ0v) is 12.2. The molecule has 18 heavy (non-hydrogen) atoms. The lowest BCUT2D eigenvalue weighted by molar-refractivity contribution is -0.143. The van der Waals surface area contributed by atoms with Crippen molar-refractivity contribution in [3.63, 3.8) is 0 Å². The van der Waals surface area contributed by atoms with E-state index in [1.54, 1.807) is 12.1 Å². The van der Waals surface area contributed by atoms with Crippen molar-refractivity contribution in [2.75, 3.05) is 6.61 Å². The predicted octanol–water partition coefficient (Wildman–Crippen LogP) is 3.67. The maximum atomic E-state index is 11.9. The Kier molecular flexibility index (Phi) is 6.05. The van der Waals surface area contributed by atoms with E-state index in [1.807, 2.05) is 19.9 Å². The van der Waals surface area contributed by atoms with Crippen LogP contribution in [0.1, 0.15) is 42.1 Å². The summed E-state index contributed by atoms with van der Waals surface area (Å²) in [6.07, 6.45) is 1.13. The number of carbonyl (C=O) groups excluding carboxylic acids is 2. The van der Waals surface area contributed by atoms with Crippen molar-refractivity contribution in [2.24, 2.45) is 0 Å². The highest BCUT2D eigenvalue weighted by molar-refractivity contribution is 9.10. The SMILES string of the molecule is CCCOC(=O)CCC(=O)c1ccc(C)c(Br)c1. The number of hydrogen-bond donors (Lipinski definition) is 0. The normalized spacial score (nSPS) is 10.2. The van der Waals surface area contributed by atoms with Crippen molar-refractivity contribution < 1.29 is 14.3 Å². The summed E-state index contributed by atoms with van der Waals surface area (Å²) in [5.74, 6) is -0.347. The van der Waals surface area contributed by atoms with E-state index in [0.717, 1.165) is 16.5 Å². The van der Waals surface area contributed by atoms with Crippen LogP contribution in [0, 0.1) is 6.92 Å². The molecule has 1 aromatic carbocycles. The van der Waals surface area contributed by atoms with Crippen LogP contribution in [-0.2, 0) is 9.53 Å². The summed E-state index contributed by atoms with van der Waals surface area (Å²) in [6.45, 7) is 4.31. The Balaban J connectivity index is 2.50. The molecule has 0 saturated carbocycles. The van der Waals surface area contributed by atoms with E-state index in [1.165, 1.54) is 0 Å². The van der Waals surface area contributed by atoms with Crippen molar-refractivity contribution in [1.82, 2.24) is 0 Å². The highest BCUT2D eigenvalue weighted by Gasteiger charge is 2.10. The van der Waals surface area contributed by atoms with Crippen molar-refractivity contribution in [1.29, 1.82) is 0 Å². The number of aryl methyl sites for hydroxylation is 1. The maximum absolute atomic E-state index is 11.9. The quantitative estimate of drug-likeness (QED) is 0.594. The van der Waals surface area contributed by atoms with Gasteiger partial charge in [-0.2, -0.15) is 0 Å². The largest absolute Gasteiger partial charge is 0.466 e. The molecule has 98 valence electrons. The van der Waals surface area contributed by atoms with Crippen molar-refractivity contribution in [3.05, 3.63) is 33.8 Å². The number of esters is 1. The van der Waals surface area contributed by atoms with Crippen LogP contribution in [0.3, 0.4) is 0 Å². The van der Waals surface area contributed by atoms with Gasteiger partial charge in [0.2, 0.25) is 0 Å². The zero-order valence-electron chi connectivity index (χ0n) is 10.7. The molecule has 0 aliphatic heterocycles. The third kappa shape index (κ3) is 4.61. The van der Waals surface area contributed by atoms with Gasteiger partial charge in [-0.1, -0.05) is 35.0 Å². The van der Waals surface area contributed by atoms with Crippen LogP contribution in [0.5, 0.6) is 0 Å². The molecule has 0 aliphatic rings. The third-order valence-corrected chi connectivity index (χ3v) is 3.37.